The lowest BCUT2D eigenvalue weighted by molar-refractivity contribution is 0.0931. The number of aryl methyl sites for hydroxylation is 2. The first-order valence-electron chi connectivity index (χ1n) is 11.2. The van der Waals surface area contributed by atoms with Gasteiger partial charge in [-0.15, -0.1) is 0 Å². The molecule has 1 N–H and O–H groups in total. The van der Waals surface area contributed by atoms with Crippen LogP contribution in [0.1, 0.15) is 47.1 Å². The lowest BCUT2D eigenvalue weighted by atomic mass is 10.0. The molecule has 4 aromatic rings. The van der Waals surface area contributed by atoms with Crippen molar-refractivity contribution >= 4 is 17.5 Å². The molecule has 1 aromatic heterocycles. The third-order valence-corrected chi connectivity index (χ3v) is 6.00. The van der Waals surface area contributed by atoms with Gasteiger partial charge in [0.1, 0.15) is 17.2 Å². The predicted octanol–water partition coefficient (Wildman–Crippen LogP) is 7.00. The topological polar surface area (TPSA) is 46.9 Å². The van der Waals surface area contributed by atoms with Gasteiger partial charge in [0.05, 0.1) is 6.04 Å². The summed E-state index contributed by atoms with van der Waals surface area (Å²) in [4.78, 5) is 18.7. The third-order valence-electron chi connectivity index (χ3n) is 5.74. The van der Waals surface area contributed by atoms with E-state index >= 15 is 0 Å². The van der Waals surface area contributed by atoms with Crippen molar-refractivity contribution in [3.63, 3.8) is 0 Å². The van der Waals surface area contributed by atoms with Crippen LogP contribution in [0.3, 0.4) is 0 Å². The highest BCUT2D eigenvalue weighted by Crippen LogP contribution is 2.31. The molecule has 0 spiro atoms. The maximum absolute atomic E-state index is 13.7. The van der Waals surface area contributed by atoms with E-state index in [1.807, 2.05) is 73.0 Å². The summed E-state index contributed by atoms with van der Waals surface area (Å²) in [6.07, 6.45) is 0. The number of carbonyl (C=O) groups is 1. The molecule has 33 heavy (non-hydrogen) atoms. The van der Waals surface area contributed by atoms with Gasteiger partial charge in [0.15, 0.2) is 0 Å². The molecule has 5 heteroatoms. The number of nitrogens with one attached hydrogen (secondary N) is 1. The Labute approximate surface area is 200 Å². The van der Waals surface area contributed by atoms with Gasteiger partial charge in [-0.25, -0.2) is 4.98 Å². The molecule has 0 saturated heterocycles. The van der Waals surface area contributed by atoms with Gasteiger partial charge >= 0.3 is 0 Å². The summed E-state index contributed by atoms with van der Waals surface area (Å²) in [6, 6.07) is 23.7. The van der Waals surface area contributed by atoms with E-state index in [9.17, 15) is 4.79 Å². The second-order valence-electron chi connectivity index (χ2n) is 8.37. The fraction of sp³-hybridized carbons (Fsp3) is 0.214. The van der Waals surface area contributed by atoms with E-state index in [-0.39, 0.29) is 11.9 Å². The average molecular weight is 458 g/mol. The summed E-state index contributed by atoms with van der Waals surface area (Å²) >= 11 is 6.03. The van der Waals surface area contributed by atoms with Crippen molar-refractivity contribution in [2.24, 2.45) is 0 Å². The summed E-state index contributed by atoms with van der Waals surface area (Å²) in [5.41, 5.74) is 6.46. The minimum absolute atomic E-state index is 0.150. The Morgan fingerprint density at radius 1 is 0.970 bits per heavy atom. The molecule has 0 fully saturated rings. The average Bonchev–Trinajstić information content (AvgIpc) is 3.19. The SMILES string of the molecule is CCn1c(-c2ccccc2)nc(-c2cc(C)cc(C)c2)c1C(=O)NC(C)c1ccc(Cl)cc1. The Balaban J connectivity index is 1.83. The Bertz CT molecular complexity index is 1260. The maximum atomic E-state index is 13.7. The van der Waals surface area contributed by atoms with Crippen molar-refractivity contribution in [1.29, 1.82) is 0 Å². The van der Waals surface area contributed by atoms with E-state index in [0.29, 0.717) is 23.0 Å². The number of carbonyl (C=O) groups excluding carboxylic acids is 1. The molecule has 0 radical (unpaired) electrons. The number of rotatable bonds is 6. The summed E-state index contributed by atoms with van der Waals surface area (Å²) in [5.74, 6) is 0.639. The number of halogens is 1. The van der Waals surface area contributed by atoms with Crippen LogP contribution in [0.2, 0.25) is 5.02 Å². The molecule has 0 aliphatic heterocycles. The molecule has 1 heterocycles. The van der Waals surface area contributed by atoms with Crippen molar-refractivity contribution in [1.82, 2.24) is 14.9 Å². The van der Waals surface area contributed by atoms with Crippen molar-refractivity contribution < 1.29 is 4.79 Å². The first-order chi connectivity index (χ1) is 15.9. The van der Waals surface area contributed by atoms with Crippen LogP contribution in [0.15, 0.2) is 72.8 Å². The lowest BCUT2D eigenvalue weighted by Gasteiger charge is -2.17. The van der Waals surface area contributed by atoms with E-state index in [4.69, 9.17) is 16.6 Å². The molecule has 1 atom stereocenters. The Morgan fingerprint density at radius 2 is 1.61 bits per heavy atom. The Kier molecular flexibility index (Phi) is 6.66. The minimum atomic E-state index is -0.178. The zero-order valence-corrected chi connectivity index (χ0v) is 20.1. The standard InChI is InChI=1S/C28H28ClN3O/c1-5-32-26(28(33)30-20(4)21-11-13-24(29)14-12-21)25(23-16-18(2)15-19(3)17-23)31-27(32)22-9-7-6-8-10-22/h6-17,20H,5H2,1-4H3,(H,30,33). The Morgan fingerprint density at radius 3 is 2.21 bits per heavy atom. The smallest absolute Gasteiger partial charge is 0.270 e. The van der Waals surface area contributed by atoms with Crippen LogP contribution in [0.25, 0.3) is 22.6 Å². The molecular weight excluding hydrogens is 430 g/mol. The second kappa shape index (κ2) is 9.63. The van der Waals surface area contributed by atoms with Crippen molar-refractivity contribution in [2.45, 2.75) is 40.3 Å². The number of amides is 1. The molecule has 0 saturated carbocycles. The molecular formula is C28H28ClN3O. The van der Waals surface area contributed by atoms with Gasteiger partial charge in [0.2, 0.25) is 0 Å². The summed E-state index contributed by atoms with van der Waals surface area (Å²) < 4.78 is 2.01. The molecule has 1 unspecified atom stereocenters. The quantitative estimate of drug-likeness (QED) is 0.339. The molecule has 3 aromatic carbocycles. The molecule has 168 valence electrons. The normalized spacial score (nSPS) is 11.9. The highest BCUT2D eigenvalue weighted by atomic mass is 35.5. The predicted molar refractivity (Wildman–Crippen MR) is 136 cm³/mol. The third kappa shape index (κ3) is 4.86. The highest BCUT2D eigenvalue weighted by Gasteiger charge is 2.25. The number of benzene rings is 3. The Hall–Kier alpha value is -3.37. The van der Waals surface area contributed by atoms with E-state index in [2.05, 4.69) is 37.4 Å². The summed E-state index contributed by atoms with van der Waals surface area (Å²) in [6.45, 7) is 8.77. The molecule has 0 aliphatic rings. The van der Waals surface area contributed by atoms with Crippen molar-refractivity contribution in [3.05, 3.63) is 100 Å². The monoisotopic (exact) mass is 457 g/mol. The number of hydrogen-bond acceptors (Lipinski definition) is 2. The molecule has 0 aliphatic carbocycles. The van der Waals surface area contributed by atoms with Gasteiger partial charge in [-0.05, 0) is 57.5 Å². The van der Waals surface area contributed by atoms with Crippen LogP contribution in [0.5, 0.6) is 0 Å². The van der Waals surface area contributed by atoms with Gasteiger partial charge in [0.25, 0.3) is 5.91 Å². The highest BCUT2D eigenvalue weighted by molar-refractivity contribution is 6.30. The largest absolute Gasteiger partial charge is 0.344 e. The van der Waals surface area contributed by atoms with Crippen LogP contribution in [0, 0.1) is 13.8 Å². The van der Waals surface area contributed by atoms with Gasteiger partial charge in [0, 0.05) is 22.7 Å². The van der Waals surface area contributed by atoms with Crippen LogP contribution in [-0.4, -0.2) is 15.5 Å². The van der Waals surface area contributed by atoms with E-state index in [0.717, 1.165) is 33.6 Å². The molecule has 0 bridgehead atoms. The van der Waals surface area contributed by atoms with Gasteiger partial charge in [-0.1, -0.05) is 71.3 Å². The minimum Gasteiger partial charge on any atom is -0.344 e. The van der Waals surface area contributed by atoms with E-state index < -0.39 is 0 Å². The van der Waals surface area contributed by atoms with Crippen molar-refractivity contribution in [3.8, 4) is 22.6 Å². The number of hydrogen-bond donors (Lipinski definition) is 1. The summed E-state index contributed by atoms with van der Waals surface area (Å²) in [5, 5.41) is 3.84. The zero-order valence-electron chi connectivity index (χ0n) is 19.4. The molecule has 4 nitrogen and oxygen atoms in total. The van der Waals surface area contributed by atoms with Gasteiger partial charge < -0.3 is 9.88 Å². The number of aromatic nitrogens is 2. The second-order valence-corrected chi connectivity index (χ2v) is 8.80. The van der Waals surface area contributed by atoms with Gasteiger partial charge in [-0.3, -0.25) is 4.79 Å². The van der Waals surface area contributed by atoms with E-state index in [1.165, 1.54) is 0 Å². The van der Waals surface area contributed by atoms with Crippen molar-refractivity contribution in [2.75, 3.05) is 0 Å². The summed E-state index contributed by atoms with van der Waals surface area (Å²) in [7, 11) is 0. The van der Waals surface area contributed by atoms with Crippen LogP contribution in [0.4, 0.5) is 0 Å². The molecule has 1 amide bonds. The molecule has 4 rings (SSSR count). The van der Waals surface area contributed by atoms with E-state index in [1.54, 1.807) is 0 Å². The lowest BCUT2D eigenvalue weighted by Crippen LogP contribution is -2.29. The number of nitrogens with zero attached hydrogens (tertiary/aromatic N) is 2. The number of imidazole rings is 1. The van der Waals surface area contributed by atoms with Crippen LogP contribution >= 0.6 is 11.6 Å². The first-order valence-corrected chi connectivity index (χ1v) is 11.6. The first kappa shape index (κ1) is 22.8. The fourth-order valence-corrected chi connectivity index (χ4v) is 4.34. The van der Waals surface area contributed by atoms with Crippen LogP contribution < -0.4 is 5.32 Å². The van der Waals surface area contributed by atoms with Gasteiger partial charge in [-0.2, -0.15) is 0 Å². The van der Waals surface area contributed by atoms with Crippen LogP contribution in [-0.2, 0) is 6.54 Å². The fourth-order valence-electron chi connectivity index (χ4n) is 4.21. The maximum Gasteiger partial charge on any atom is 0.270 e. The zero-order chi connectivity index (χ0) is 23.5.